The molecule has 0 N–H and O–H groups in total. The Kier molecular flexibility index (Phi) is 8.15. The summed E-state index contributed by atoms with van der Waals surface area (Å²) < 4.78 is 6.48. The number of ether oxygens (including phenoxy) is 1. The van der Waals surface area contributed by atoms with E-state index in [1.165, 1.54) is 24.9 Å². The second kappa shape index (κ2) is 10.1. The van der Waals surface area contributed by atoms with E-state index < -0.39 is 5.60 Å². The van der Waals surface area contributed by atoms with E-state index in [0.717, 1.165) is 23.6 Å². The summed E-state index contributed by atoms with van der Waals surface area (Å²) >= 11 is 6.07. The average Bonchev–Trinajstić information content (AvgIpc) is 3.09. The highest BCUT2D eigenvalue weighted by atomic mass is 35.5. The molecule has 142 valence electrons. The summed E-state index contributed by atoms with van der Waals surface area (Å²) in [4.78, 5) is 2.45. The van der Waals surface area contributed by atoms with Gasteiger partial charge in [0.2, 0.25) is 0 Å². The molecular weight excluding hydrogens is 342 g/mol. The molecule has 26 heavy (non-hydrogen) atoms. The molecule has 0 amide bonds. The summed E-state index contributed by atoms with van der Waals surface area (Å²) in [6, 6.07) is 19.1. The van der Waals surface area contributed by atoms with Crippen LogP contribution in [0.4, 0.5) is 0 Å². The van der Waals surface area contributed by atoms with Gasteiger partial charge in [0.15, 0.2) is 0 Å². The van der Waals surface area contributed by atoms with Crippen LogP contribution in [-0.4, -0.2) is 31.1 Å². The number of hydrogen-bond donors (Lipinski definition) is 0. The summed E-state index contributed by atoms with van der Waals surface area (Å²) in [6.07, 6.45) is 3.66. The summed E-state index contributed by atoms with van der Waals surface area (Å²) in [6.45, 7) is 8.12. The van der Waals surface area contributed by atoms with Crippen LogP contribution in [0.25, 0.3) is 0 Å². The number of likely N-dealkylation sites (tertiary alicyclic amines) is 1. The fourth-order valence-electron chi connectivity index (χ4n) is 3.60. The third kappa shape index (κ3) is 5.09. The minimum absolute atomic E-state index is 0.455. The highest BCUT2D eigenvalue weighted by Crippen LogP contribution is 2.34. The van der Waals surface area contributed by atoms with Crippen molar-refractivity contribution in [3.8, 4) is 0 Å². The molecule has 1 fully saturated rings. The molecule has 2 aromatic carbocycles. The number of nitrogens with zero attached hydrogens (tertiary/aromatic N) is 1. The third-order valence-corrected chi connectivity index (χ3v) is 5.49. The molecule has 0 aliphatic carbocycles. The van der Waals surface area contributed by atoms with Crippen LogP contribution in [0.1, 0.15) is 51.2 Å². The summed E-state index contributed by atoms with van der Waals surface area (Å²) in [7, 11) is 2.22. The van der Waals surface area contributed by atoms with Crippen LogP contribution >= 0.6 is 11.6 Å². The minimum Gasteiger partial charge on any atom is -0.366 e. The molecule has 2 aromatic rings. The van der Waals surface area contributed by atoms with Crippen molar-refractivity contribution >= 4 is 11.6 Å². The van der Waals surface area contributed by atoms with Gasteiger partial charge in [0, 0.05) is 17.7 Å². The molecule has 0 spiro atoms. The molecule has 1 aliphatic rings. The lowest BCUT2D eigenvalue weighted by molar-refractivity contribution is -0.0117. The first-order valence-electron chi connectivity index (χ1n) is 9.75. The Morgan fingerprint density at radius 3 is 2.23 bits per heavy atom. The Bertz CT molecular complexity index is 643. The Morgan fingerprint density at radius 2 is 1.65 bits per heavy atom. The maximum Gasteiger partial charge on any atom is 0.115 e. The van der Waals surface area contributed by atoms with Gasteiger partial charge >= 0.3 is 0 Å². The summed E-state index contributed by atoms with van der Waals surface area (Å²) in [5.74, 6) is 0. The molecule has 0 bridgehead atoms. The number of halogens is 1. The van der Waals surface area contributed by atoms with Crippen LogP contribution in [-0.2, 0) is 10.3 Å². The Labute approximate surface area is 164 Å². The van der Waals surface area contributed by atoms with E-state index in [1.807, 2.05) is 32.0 Å². The first-order valence-corrected chi connectivity index (χ1v) is 10.1. The molecule has 3 heteroatoms. The lowest BCUT2D eigenvalue weighted by Gasteiger charge is -2.32. The van der Waals surface area contributed by atoms with Crippen molar-refractivity contribution < 1.29 is 4.74 Å². The average molecular weight is 374 g/mol. The quantitative estimate of drug-likeness (QED) is 0.603. The first-order chi connectivity index (χ1) is 12.6. The third-order valence-electron chi connectivity index (χ3n) is 5.23. The molecule has 2 atom stereocenters. The second-order valence-corrected chi connectivity index (χ2v) is 7.26. The summed E-state index contributed by atoms with van der Waals surface area (Å²) in [5.41, 5.74) is 1.85. The smallest absolute Gasteiger partial charge is 0.115 e. The van der Waals surface area contributed by atoms with Crippen molar-refractivity contribution in [2.45, 2.75) is 51.7 Å². The predicted molar refractivity (Wildman–Crippen MR) is 112 cm³/mol. The van der Waals surface area contributed by atoms with Crippen molar-refractivity contribution in [3.63, 3.8) is 0 Å². The van der Waals surface area contributed by atoms with Crippen LogP contribution in [0.15, 0.2) is 54.6 Å². The topological polar surface area (TPSA) is 12.5 Å². The van der Waals surface area contributed by atoms with Crippen LogP contribution in [0.5, 0.6) is 0 Å². The van der Waals surface area contributed by atoms with E-state index in [2.05, 4.69) is 55.3 Å². The van der Waals surface area contributed by atoms with Gasteiger partial charge in [0.05, 0.1) is 0 Å². The maximum atomic E-state index is 6.48. The van der Waals surface area contributed by atoms with E-state index in [9.17, 15) is 0 Å². The van der Waals surface area contributed by atoms with Crippen LogP contribution in [0.3, 0.4) is 0 Å². The fraction of sp³-hybridized carbons (Fsp3) is 0.478. The zero-order chi connectivity index (χ0) is 19.0. The normalized spacial score (nSPS) is 19.5. The van der Waals surface area contributed by atoms with Crippen LogP contribution in [0.2, 0.25) is 5.02 Å². The van der Waals surface area contributed by atoms with E-state index in [1.54, 1.807) is 0 Å². The zero-order valence-corrected chi connectivity index (χ0v) is 17.3. The lowest BCUT2D eigenvalue weighted by Crippen LogP contribution is -2.31. The summed E-state index contributed by atoms with van der Waals surface area (Å²) in [5, 5.41) is 0.752. The van der Waals surface area contributed by atoms with Crippen molar-refractivity contribution in [3.05, 3.63) is 70.7 Å². The van der Waals surface area contributed by atoms with Crippen molar-refractivity contribution in [1.29, 1.82) is 0 Å². The molecule has 0 saturated carbocycles. The number of rotatable bonds is 6. The SMILES string of the molecule is CC.CN1CCCC1CCOC(C)(c1ccccc1)c1ccc(Cl)cc1. The van der Waals surface area contributed by atoms with Crippen molar-refractivity contribution in [2.75, 3.05) is 20.2 Å². The molecule has 1 saturated heterocycles. The van der Waals surface area contributed by atoms with Gasteiger partial charge in [-0.15, -0.1) is 0 Å². The monoisotopic (exact) mass is 373 g/mol. The van der Waals surface area contributed by atoms with Gasteiger partial charge in [0.1, 0.15) is 5.60 Å². The molecule has 3 rings (SSSR count). The molecule has 0 radical (unpaired) electrons. The van der Waals surface area contributed by atoms with Crippen molar-refractivity contribution in [1.82, 2.24) is 4.90 Å². The van der Waals surface area contributed by atoms with E-state index in [4.69, 9.17) is 16.3 Å². The van der Waals surface area contributed by atoms with Gasteiger partial charge in [0.25, 0.3) is 0 Å². The number of benzene rings is 2. The molecule has 2 nitrogen and oxygen atoms in total. The molecule has 0 aromatic heterocycles. The Balaban J connectivity index is 0.00000117. The van der Waals surface area contributed by atoms with Crippen LogP contribution < -0.4 is 0 Å². The minimum atomic E-state index is -0.455. The largest absolute Gasteiger partial charge is 0.366 e. The standard InChI is InChI=1S/C21H26ClNO.C2H6/c1-21(17-7-4-3-5-8-17,18-10-12-19(22)13-11-18)24-16-14-20-9-6-15-23(20)2;1-2/h3-5,7-8,10-13,20H,6,9,14-16H2,1-2H3;1-2H3. The van der Waals surface area contributed by atoms with Gasteiger partial charge in [-0.1, -0.05) is 67.9 Å². The fourth-order valence-corrected chi connectivity index (χ4v) is 3.73. The Hall–Kier alpha value is -1.35. The lowest BCUT2D eigenvalue weighted by atomic mass is 9.88. The maximum absolute atomic E-state index is 6.48. The van der Waals surface area contributed by atoms with Crippen LogP contribution in [0, 0.1) is 0 Å². The van der Waals surface area contributed by atoms with E-state index in [-0.39, 0.29) is 0 Å². The number of hydrogen-bond acceptors (Lipinski definition) is 2. The first kappa shape index (κ1) is 21.0. The van der Waals surface area contributed by atoms with E-state index in [0.29, 0.717) is 6.04 Å². The van der Waals surface area contributed by atoms with Gasteiger partial charge in [-0.05, 0) is 63.0 Å². The molecule has 1 aliphatic heterocycles. The van der Waals surface area contributed by atoms with E-state index >= 15 is 0 Å². The Morgan fingerprint density at radius 1 is 1.04 bits per heavy atom. The molecular formula is C23H32ClNO. The van der Waals surface area contributed by atoms with Gasteiger partial charge in [-0.25, -0.2) is 0 Å². The molecule has 1 heterocycles. The highest BCUT2D eigenvalue weighted by molar-refractivity contribution is 6.30. The zero-order valence-electron chi connectivity index (χ0n) is 16.5. The highest BCUT2D eigenvalue weighted by Gasteiger charge is 2.30. The molecule has 2 unspecified atom stereocenters. The van der Waals surface area contributed by atoms with Gasteiger partial charge in [-0.2, -0.15) is 0 Å². The van der Waals surface area contributed by atoms with Gasteiger partial charge in [-0.3, -0.25) is 0 Å². The second-order valence-electron chi connectivity index (χ2n) is 6.82. The van der Waals surface area contributed by atoms with Gasteiger partial charge < -0.3 is 9.64 Å². The van der Waals surface area contributed by atoms with Crippen molar-refractivity contribution in [2.24, 2.45) is 0 Å². The predicted octanol–water partition coefficient (Wildman–Crippen LogP) is 6.13.